The third-order valence-electron chi connectivity index (χ3n) is 2.87. The molecule has 2 rings (SSSR count). The van der Waals surface area contributed by atoms with Crippen LogP contribution in [0, 0.1) is 0 Å². The maximum Gasteiger partial charge on any atom is 0.0771 e. The zero-order chi connectivity index (χ0) is 10.7. The number of aromatic nitrogens is 1. The van der Waals surface area contributed by atoms with Crippen LogP contribution in [0.1, 0.15) is 24.4 Å². The van der Waals surface area contributed by atoms with E-state index in [0.717, 1.165) is 30.7 Å². The molecule has 3 N–H and O–H groups in total. The van der Waals surface area contributed by atoms with Crippen molar-refractivity contribution in [2.24, 2.45) is 0 Å². The third-order valence-corrected chi connectivity index (χ3v) is 2.87. The number of nitrogens with one attached hydrogen (secondary N) is 1. The summed E-state index contributed by atoms with van der Waals surface area (Å²) in [5.41, 5.74) is 7.74. The Morgan fingerprint density at radius 3 is 3.13 bits per heavy atom. The van der Waals surface area contributed by atoms with E-state index in [2.05, 4.69) is 10.3 Å². The number of rotatable bonds is 3. The average molecular weight is 207 g/mol. The van der Waals surface area contributed by atoms with Crippen molar-refractivity contribution in [1.82, 2.24) is 10.3 Å². The topological polar surface area (TPSA) is 60.2 Å². The number of nitrogens with two attached hydrogens (primary N) is 1. The molecule has 2 atom stereocenters. The highest BCUT2D eigenvalue weighted by Gasteiger charge is 2.27. The van der Waals surface area contributed by atoms with Crippen molar-refractivity contribution < 1.29 is 4.74 Å². The molecule has 0 radical (unpaired) electrons. The van der Waals surface area contributed by atoms with Crippen molar-refractivity contribution in [3.8, 4) is 0 Å². The van der Waals surface area contributed by atoms with Gasteiger partial charge in [0.25, 0.3) is 0 Å². The van der Waals surface area contributed by atoms with Crippen molar-refractivity contribution in [3.63, 3.8) is 0 Å². The molecule has 15 heavy (non-hydrogen) atoms. The second-order valence-corrected chi connectivity index (χ2v) is 3.82. The van der Waals surface area contributed by atoms with E-state index in [9.17, 15) is 0 Å². The van der Waals surface area contributed by atoms with Crippen LogP contribution in [-0.4, -0.2) is 24.7 Å². The Bertz CT molecular complexity index is 323. The Hall–Kier alpha value is -1.13. The number of ether oxygens (including phenoxy) is 1. The molecule has 4 heteroatoms. The predicted molar refractivity (Wildman–Crippen MR) is 59.4 cm³/mol. The number of pyridine rings is 1. The average Bonchev–Trinajstić information content (AvgIpc) is 2.75. The summed E-state index contributed by atoms with van der Waals surface area (Å²) < 4.78 is 5.67. The van der Waals surface area contributed by atoms with E-state index in [4.69, 9.17) is 10.5 Å². The molecule has 2 heterocycles. The molecular formula is C11H17N3O. The van der Waals surface area contributed by atoms with E-state index in [1.165, 1.54) is 0 Å². The molecule has 0 aliphatic carbocycles. The van der Waals surface area contributed by atoms with Gasteiger partial charge >= 0.3 is 0 Å². The van der Waals surface area contributed by atoms with E-state index in [1.54, 1.807) is 6.20 Å². The highest BCUT2D eigenvalue weighted by molar-refractivity contribution is 5.46. The van der Waals surface area contributed by atoms with Gasteiger partial charge in [-0.25, -0.2) is 0 Å². The molecule has 0 amide bonds. The van der Waals surface area contributed by atoms with Crippen LogP contribution < -0.4 is 11.1 Å². The fraction of sp³-hybridized carbons (Fsp3) is 0.545. The fourth-order valence-electron chi connectivity index (χ4n) is 2.08. The lowest BCUT2D eigenvalue weighted by Crippen LogP contribution is -2.29. The smallest absolute Gasteiger partial charge is 0.0771 e. The Labute approximate surface area is 89.8 Å². The summed E-state index contributed by atoms with van der Waals surface area (Å²) in [6.07, 6.45) is 5.96. The van der Waals surface area contributed by atoms with Gasteiger partial charge in [-0.15, -0.1) is 0 Å². The van der Waals surface area contributed by atoms with Gasteiger partial charge in [0.05, 0.1) is 12.1 Å². The number of nitrogens with zero attached hydrogens (tertiary/aromatic N) is 1. The van der Waals surface area contributed by atoms with Gasteiger partial charge < -0.3 is 15.8 Å². The molecule has 1 aliphatic rings. The Balaban J connectivity index is 2.22. The van der Waals surface area contributed by atoms with Gasteiger partial charge in [0.15, 0.2) is 0 Å². The summed E-state index contributed by atoms with van der Waals surface area (Å²) in [5, 5.41) is 3.26. The molecule has 1 aromatic rings. The normalized spacial score (nSPS) is 22.9. The quantitative estimate of drug-likeness (QED) is 0.779. The standard InChI is InChI=1S/C11H17N3O/c1-13-11(10-3-2-6-15-10)8-7-14-5-4-9(8)12/h4-5,7,10-11,13H,2-3,6H2,1H3,(H2,12,14). The van der Waals surface area contributed by atoms with Gasteiger partial charge in [-0.2, -0.15) is 0 Å². The molecule has 2 unspecified atom stereocenters. The highest BCUT2D eigenvalue weighted by atomic mass is 16.5. The van der Waals surface area contributed by atoms with E-state index in [0.29, 0.717) is 0 Å². The van der Waals surface area contributed by atoms with Gasteiger partial charge in [-0.3, -0.25) is 4.98 Å². The third kappa shape index (κ3) is 2.11. The molecule has 1 saturated heterocycles. The first-order valence-corrected chi connectivity index (χ1v) is 5.31. The van der Waals surface area contributed by atoms with Crippen molar-refractivity contribution in [2.45, 2.75) is 25.0 Å². The van der Waals surface area contributed by atoms with E-state index >= 15 is 0 Å². The Morgan fingerprint density at radius 1 is 1.67 bits per heavy atom. The largest absolute Gasteiger partial charge is 0.398 e. The molecule has 0 bridgehead atoms. The molecule has 1 fully saturated rings. The second-order valence-electron chi connectivity index (χ2n) is 3.82. The van der Waals surface area contributed by atoms with Crippen LogP contribution in [0.5, 0.6) is 0 Å². The van der Waals surface area contributed by atoms with Crippen molar-refractivity contribution >= 4 is 5.69 Å². The molecule has 0 spiro atoms. The van der Waals surface area contributed by atoms with Gasteiger partial charge in [0.2, 0.25) is 0 Å². The molecule has 0 aromatic carbocycles. The fourth-order valence-corrected chi connectivity index (χ4v) is 2.08. The van der Waals surface area contributed by atoms with Crippen LogP contribution in [0.15, 0.2) is 18.5 Å². The van der Waals surface area contributed by atoms with Crippen LogP contribution in [0.4, 0.5) is 5.69 Å². The number of likely N-dealkylation sites (N-methyl/N-ethyl adjacent to an activating group) is 1. The van der Waals surface area contributed by atoms with Crippen LogP contribution in [0.3, 0.4) is 0 Å². The minimum Gasteiger partial charge on any atom is -0.398 e. The molecular weight excluding hydrogens is 190 g/mol. The maximum absolute atomic E-state index is 5.93. The first-order chi connectivity index (χ1) is 7.33. The Morgan fingerprint density at radius 2 is 2.53 bits per heavy atom. The number of anilines is 1. The minimum absolute atomic E-state index is 0.154. The monoisotopic (exact) mass is 207 g/mol. The van der Waals surface area contributed by atoms with E-state index < -0.39 is 0 Å². The van der Waals surface area contributed by atoms with Crippen molar-refractivity contribution in [2.75, 3.05) is 19.4 Å². The number of nitrogen functional groups attached to an aromatic ring is 1. The summed E-state index contributed by atoms with van der Waals surface area (Å²) in [6, 6.07) is 1.98. The summed E-state index contributed by atoms with van der Waals surface area (Å²) in [5.74, 6) is 0. The minimum atomic E-state index is 0.154. The molecule has 0 saturated carbocycles. The van der Waals surface area contributed by atoms with Gasteiger partial charge in [-0.05, 0) is 26.0 Å². The van der Waals surface area contributed by atoms with Gasteiger partial charge in [0.1, 0.15) is 0 Å². The zero-order valence-corrected chi connectivity index (χ0v) is 8.94. The zero-order valence-electron chi connectivity index (χ0n) is 8.94. The molecule has 4 nitrogen and oxygen atoms in total. The summed E-state index contributed by atoms with van der Waals surface area (Å²) in [7, 11) is 1.93. The maximum atomic E-state index is 5.93. The van der Waals surface area contributed by atoms with Crippen molar-refractivity contribution in [1.29, 1.82) is 0 Å². The van der Waals surface area contributed by atoms with Gasteiger partial charge in [-0.1, -0.05) is 0 Å². The molecule has 1 aliphatic heterocycles. The highest BCUT2D eigenvalue weighted by Crippen LogP contribution is 2.29. The Kier molecular flexibility index (Phi) is 3.18. The van der Waals surface area contributed by atoms with Crippen LogP contribution in [-0.2, 0) is 4.74 Å². The van der Waals surface area contributed by atoms with E-state index in [-0.39, 0.29) is 12.1 Å². The van der Waals surface area contributed by atoms with Gasteiger partial charge in [0, 0.05) is 30.3 Å². The van der Waals surface area contributed by atoms with Crippen LogP contribution in [0.25, 0.3) is 0 Å². The number of hydrogen-bond donors (Lipinski definition) is 2. The molecule has 82 valence electrons. The predicted octanol–water partition coefficient (Wildman–Crippen LogP) is 1.10. The molecule has 1 aromatic heterocycles. The van der Waals surface area contributed by atoms with Crippen LogP contribution in [0.2, 0.25) is 0 Å². The summed E-state index contributed by atoms with van der Waals surface area (Å²) >= 11 is 0. The van der Waals surface area contributed by atoms with E-state index in [1.807, 2.05) is 19.3 Å². The first-order valence-electron chi connectivity index (χ1n) is 5.31. The lowest BCUT2D eigenvalue weighted by molar-refractivity contribution is 0.0809. The lowest BCUT2D eigenvalue weighted by atomic mass is 10.00. The first kappa shape index (κ1) is 10.4. The lowest BCUT2D eigenvalue weighted by Gasteiger charge is -2.23. The van der Waals surface area contributed by atoms with Crippen molar-refractivity contribution in [3.05, 3.63) is 24.0 Å². The van der Waals surface area contributed by atoms with Crippen LogP contribution >= 0.6 is 0 Å². The second kappa shape index (κ2) is 4.59. The summed E-state index contributed by atoms with van der Waals surface area (Å²) in [4.78, 5) is 4.11. The summed E-state index contributed by atoms with van der Waals surface area (Å²) in [6.45, 7) is 0.850. The number of hydrogen-bond acceptors (Lipinski definition) is 4. The SMILES string of the molecule is CNC(c1cnccc1N)C1CCCO1.